The fourth-order valence-corrected chi connectivity index (χ4v) is 1.94. The first-order chi connectivity index (χ1) is 10.3. The quantitative estimate of drug-likeness (QED) is 0.154. The number of nitrogens with two attached hydrogens (primary N) is 3. The van der Waals surface area contributed by atoms with Crippen molar-refractivity contribution in [3.05, 3.63) is 35.4 Å². The molecule has 0 saturated heterocycles. The van der Waals surface area contributed by atoms with Crippen LogP contribution in [0.5, 0.6) is 0 Å². The molecule has 0 fully saturated rings. The number of ketones is 1. The van der Waals surface area contributed by atoms with E-state index in [4.69, 9.17) is 17.3 Å². The highest BCUT2D eigenvalue weighted by molar-refractivity contribution is 6.10. The fraction of sp³-hybridized carbons (Fsp3) is 0.286. The van der Waals surface area contributed by atoms with Crippen molar-refractivity contribution >= 4 is 24.3 Å². The molecule has 1 aromatic rings. The van der Waals surface area contributed by atoms with E-state index in [-0.39, 0.29) is 12.8 Å². The number of aliphatic carboxylic acids is 1. The maximum Gasteiger partial charge on any atom is 0.331 e. The van der Waals surface area contributed by atoms with E-state index in [1.165, 1.54) is 6.21 Å². The van der Waals surface area contributed by atoms with E-state index in [9.17, 15) is 19.5 Å². The lowest BCUT2D eigenvalue weighted by atomic mass is 9.83. The van der Waals surface area contributed by atoms with Crippen molar-refractivity contribution in [1.29, 1.82) is 0 Å². The number of hydrogen-bond donors (Lipinski definition) is 4. The van der Waals surface area contributed by atoms with Crippen LogP contribution in [0.4, 0.5) is 0 Å². The summed E-state index contributed by atoms with van der Waals surface area (Å²) in [5, 5.41) is 12.7. The van der Waals surface area contributed by atoms with E-state index < -0.39 is 23.3 Å². The van der Waals surface area contributed by atoms with Gasteiger partial charge < -0.3 is 27.2 Å². The Morgan fingerprint density at radius 1 is 1.32 bits per heavy atom. The fourth-order valence-electron chi connectivity index (χ4n) is 1.94. The van der Waals surface area contributed by atoms with Gasteiger partial charge in [0.25, 0.3) is 0 Å². The van der Waals surface area contributed by atoms with Gasteiger partial charge in [-0.1, -0.05) is 24.3 Å². The zero-order valence-corrected chi connectivity index (χ0v) is 11.8. The van der Waals surface area contributed by atoms with Gasteiger partial charge in [-0.15, -0.1) is 0 Å². The van der Waals surface area contributed by atoms with Crippen molar-refractivity contribution in [2.24, 2.45) is 22.4 Å². The number of benzene rings is 1. The molecule has 8 heteroatoms. The Balaban J connectivity index is 3.02. The van der Waals surface area contributed by atoms with Crippen molar-refractivity contribution in [3.8, 4) is 0 Å². The molecule has 0 aliphatic rings. The highest BCUT2D eigenvalue weighted by atomic mass is 16.4. The molecule has 0 amide bonds. The molecule has 0 saturated carbocycles. The first-order valence-corrected chi connectivity index (χ1v) is 6.43. The molecule has 2 unspecified atom stereocenters. The minimum absolute atomic E-state index is 0.242. The van der Waals surface area contributed by atoms with Crippen molar-refractivity contribution in [3.63, 3.8) is 0 Å². The highest BCUT2D eigenvalue weighted by Crippen LogP contribution is 2.16. The van der Waals surface area contributed by atoms with Gasteiger partial charge in [-0.25, -0.2) is 4.79 Å². The van der Waals surface area contributed by atoms with Gasteiger partial charge in [0.15, 0.2) is 11.3 Å². The summed E-state index contributed by atoms with van der Waals surface area (Å²) in [6, 6.07) is 5.29. The maximum absolute atomic E-state index is 12.1. The highest BCUT2D eigenvalue weighted by Gasteiger charge is 2.44. The topological polar surface area (TPSA) is 162 Å². The zero-order valence-electron chi connectivity index (χ0n) is 11.8. The smallest absolute Gasteiger partial charge is 0.331 e. The summed E-state index contributed by atoms with van der Waals surface area (Å²) < 4.78 is 0. The third-order valence-corrected chi connectivity index (χ3v) is 3.19. The number of nitrogens with zero attached hydrogens (tertiary/aromatic N) is 1. The Hall–Kier alpha value is -2.58. The average molecular weight is 306 g/mol. The summed E-state index contributed by atoms with van der Waals surface area (Å²) in [5.74, 6) is 2.64. The summed E-state index contributed by atoms with van der Waals surface area (Å²) in [5.41, 5.74) is 10.3. The van der Waals surface area contributed by atoms with Gasteiger partial charge in [0.2, 0.25) is 0 Å². The number of carboxylic acid groups (broad SMARTS) is 1. The van der Waals surface area contributed by atoms with E-state index in [1.54, 1.807) is 24.3 Å². The zero-order chi connectivity index (χ0) is 16.8. The Morgan fingerprint density at radius 3 is 2.36 bits per heavy atom. The second-order valence-corrected chi connectivity index (χ2v) is 4.85. The van der Waals surface area contributed by atoms with Crippen LogP contribution in [0.25, 0.3) is 0 Å². The molecule has 0 aliphatic carbocycles. The van der Waals surface area contributed by atoms with Crippen molar-refractivity contribution in [2.75, 3.05) is 0 Å². The standard InChI is InChI=1S/C14H18N4O4/c15-11(5-6-19)12(20)14(16,13(21)22)7-9-1-3-10(4-2-9)8-18-17/h1-4,6,8,11H,5,7,15-17H2,(H,21,22). The van der Waals surface area contributed by atoms with Crippen molar-refractivity contribution in [1.82, 2.24) is 0 Å². The van der Waals surface area contributed by atoms with Crippen molar-refractivity contribution in [2.45, 2.75) is 24.4 Å². The number of aldehydes is 1. The molecule has 0 bridgehead atoms. The van der Waals surface area contributed by atoms with Crippen molar-refractivity contribution < 1.29 is 19.5 Å². The lowest BCUT2D eigenvalue weighted by Gasteiger charge is -2.25. The van der Waals surface area contributed by atoms with E-state index in [1.807, 2.05) is 0 Å². The maximum atomic E-state index is 12.1. The van der Waals surface area contributed by atoms with Crippen LogP contribution in [-0.2, 0) is 20.8 Å². The first kappa shape index (κ1) is 17.5. The normalized spacial score (nSPS) is 15.2. The number of hydrazone groups is 1. The monoisotopic (exact) mass is 306 g/mol. The summed E-state index contributed by atoms with van der Waals surface area (Å²) >= 11 is 0. The molecule has 0 heterocycles. The molecule has 1 rings (SSSR count). The van der Waals surface area contributed by atoms with Gasteiger partial charge in [0.1, 0.15) is 6.29 Å². The number of Topliss-reactive ketones (excluding diaryl/α,β-unsaturated/α-hetero) is 1. The predicted octanol–water partition coefficient (Wildman–Crippen LogP) is -1.21. The Morgan fingerprint density at radius 2 is 1.91 bits per heavy atom. The molecule has 0 aliphatic heterocycles. The van der Waals surface area contributed by atoms with E-state index in [0.29, 0.717) is 17.4 Å². The van der Waals surface area contributed by atoms with Gasteiger partial charge in [0.05, 0.1) is 12.3 Å². The second-order valence-electron chi connectivity index (χ2n) is 4.85. The number of hydrogen-bond acceptors (Lipinski definition) is 7. The lowest BCUT2D eigenvalue weighted by Crippen LogP contribution is -2.61. The van der Waals surface area contributed by atoms with Crippen LogP contribution in [0.15, 0.2) is 29.4 Å². The molecular formula is C14H18N4O4. The number of carbonyl (C=O) groups is 3. The van der Waals surface area contributed by atoms with Crippen LogP contribution >= 0.6 is 0 Å². The third kappa shape index (κ3) is 3.96. The van der Waals surface area contributed by atoms with Crippen LogP contribution in [0, 0.1) is 0 Å². The Labute approximate surface area is 127 Å². The molecule has 0 spiro atoms. The molecule has 22 heavy (non-hydrogen) atoms. The predicted molar refractivity (Wildman–Crippen MR) is 80.1 cm³/mol. The molecule has 0 aromatic heterocycles. The summed E-state index contributed by atoms with van der Waals surface area (Å²) in [6.07, 6.45) is 1.35. The molecule has 8 nitrogen and oxygen atoms in total. The molecule has 118 valence electrons. The van der Waals surface area contributed by atoms with Crippen LogP contribution in [0.1, 0.15) is 17.5 Å². The lowest BCUT2D eigenvalue weighted by molar-refractivity contribution is -0.149. The molecule has 2 atom stereocenters. The molecule has 7 N–H and O–H groups in total. The molecule has 0 radical (unpaired) electrons. The van der Waals surface area contributed by atoms with E-state index in [2.05, 4.69) is 5.10 Å². The van der Waals surface area contributed by atoms with Crippen LogP contribution in [-0.4, -0.2) is 40.9 Å². The van der Waals surface area contributed by atoms with Gasteiger partial charge in [-0.2, -0.15) is 5.10 Å². The SMILES string of the molecule is NN=Cc1ccc(CC(N)(C(=O)O)C(=O)C(N)CC=O)cc1. The Bertz CT molecular complexity index is 585. The minimum atomic E-state index is -2.19. The van der Waals surface area contributed by atoms with E-state index >= 15 is 0 Å². The second kappa shape index (κ2) is 7.43. The van der Waals surface area contributed by atoms with Crippen LogP contribution in [0.3, 0.4) is 0 Å². The van der Waals surface area contributed by atoms with E-state index in [0.717, 1.165) is 0 Å². The summed E-state index contributed by atoms with van der Waals surface area (Å²) in [7, 11) is 0. The summed E-state index contributed by atoms with van der Waals surface area (Å²) in [6.45, 7) is 0. The van der Waals surface area contributed by atoms with Gasteiger partial charge in [0, 0.05) is 12.8 Å². The molecular weight excluding hydrogens is 288 g/mol. The summed E-state index contributed by atoms with van der Waals surface area (Å²) in [4.78, 5) is 34.0. The first-order valence-electron chi connectivity index (χ1n) is 6.43. The molecule has 1 aromatic carbocycles. The average Bonchev–Trinajstić information content (AvgIpc) is 2.48. The van der Waals surface area contributed by atoms with Gasteiger partial charge >= 0.3 is 5.97 Å². The number of rotatable bonds is 8. The largest absolute Gasteiger partial charge is 0.480 e. The Kier molecular flexibility index (Phi) is 5.90. The minimum Gasteiger partial charge on any atom is -0.480 e. The number of carboxylic acids is 1. The third-order valence-electron chi connectivity index (χ3n) is 3.19. The van der Waals surface area contributed by atoms with Gasteiger partial charge in [-0.3, -0.25) is 4.79 Å². The van der Waals surface area contributed by atoms with Crippen LogP contribution < -0.4 is 17.3 Å². The number of carbonyl (C=O) groups excluding carboxylic acids is 2. The van der Waals surface area contributed by atoms with Gasteiger partial charge in [-0.05, 0) is 11.1 Å². The van der Waals surface area contributed by atoms with Crippen LogP contribution in [0.2, 0.25) is 0 Å².